The zero-order chi connectivity index (χ0) is 20.9. The molecule has 160 valence electrons. The third kappa shape index (κ3) is 5.53. The van der Waals surface area contributed by atoms with Crippen LogP contribution in [0.5, 0.6) is 0 Å². The first kappa shape index (κ1) is 22.1. The molecule has 1 heterocycles. The van der Waals surface area contributed by atoms with Crippen molar-refractivity contribution in [3.63, 3.8) is 0 Å². The van der Waals surface area contributed by atoms with Gasteiger partial charge < -0.3 is 5.32 Å². The molecule has 0 spiro atoms. The monoisotopic (exact) mass is 440 g/mol. The number of anilines is 1. The minimum atomic E-state index is -3.38. The number of aromatic nitrogens is 1. The Kier molecular flexibility index (Phi) is 7.61. The number of hydrogen-bond donors (Lipinski definition) is 2. The van der Waals surface area contributed by atoms with Crippen molar-refractivity contribution in [2.75, 3.05) is 31.5 Å². The number of benzene rings is 1. The van der Waals surface area contributed by atoms with Gasteiger partial charge in [-0.05, 0) is 49.8 Å². The third-order valence-corrected chi connectivity index (χ3v) is 7.92. The quantitative estimate of drug-likeness (QED) is 0.551. The van der Waals surface area contributed by atoms with E-state index in [1.165, 1.54) is 15.2 Å². The number of aryl methyl sites for hydroxylation is 2. The molecular formula is C20H29FN4O2S2. The first-order chi connectivity index (χ1) is 13.9. The molecule has 0 aliphatic heterocycles. The molecule has 0 fully saturated rings. The number of unbranched alkanes of at least 4 members (excludes halogenated alkanes) is 1. The summed E-state index contributed by atoms with van der Waals surface area (Å²) in [5.41, 5.74) is 2.96. The zero-order valence-corrected chi connectivity index (χ0v) is 18.6. The Bertz CT molecular complexity index is 927. The zero-order valence-electron chi connectivity index (χ0n) is 17.0. The van der Waals surface area contributed by atoms with Crippen LogP contribution in [0.15, 0.2) is 18.2 Å². The Hall–Kier alpha value is -1.55. The second-order valence-electron chi connectivity index (χ2n) is 7.06. The summed E-state index contributed by atoms with van der Waals surface area (Å²) in [4.78, 5) is 5.92. The Morgan fingerprint density at radius 1 is 1.17 bits per heavy atom. The van der Waals surface area contributed by atoms with Crippen molar-refractivity contribution in [2.45, 2.75) is 46.0 Å². The Morgan fingerprint density at radius 3 is 2.69 bits per heavy atom. The normalized spacial score (nSPS) is 13.8. The van der Waals surface area contributed by atoms with Gasteiger partial charge in [0.1, 0.15) is 5.82 Å². The van der Waals surface area contributed by atoms with E-state index in [4.69, 9.17) is 4.98 Å². The fraction of sp³-hybridized carbons (Fsp3) is 0.550. The van der Waals surface area contributed by atoms with Crippen LogP contribution in [0.2, 0.25) is 0 Å². The Morgan fingerprint density at radius 2 is 1.93 bits per heavy atom. The summed E-state index contributed by atoms with van der Waals surface area (Å²) in [6.45, 7) is 5.73. The van der Waals surface area contributed by atoms with Crippen LogP contribution >= 0.6 is 11.3 Å². The Labute approximate surface area is 176 Å². The number of nitrogens with one attached hydrogen (secondary N) is 2. The van der Waals surface area contributed by atoms with E-state index in [0.717, 1.165) is 60.6 Å². The molecule has 0 amide bonds. The highest BCUT2D eigenvalue weighted by Gasteiger charge is 2.20. The molecule has 0 radical (unpaired) electrons. The molecule has 0 unspecified atom stereocenters. The maximum Gasteiger partial charge on any atom is 0.279 e. The molecule has 1 aliphatic rings. The van der Waals surface area contributed by atoms with E-state index in [2.05, 4.69) is 10.0 Å². The first-order valence-electron chi connectivity index (χ1n) is 10.2. The van der Waals surface area contributed by atoms with E-state index in [1.54, 1.807) is 17.4 Å². The van der Waals surface area contributed by atoms with Gasteiger partial charge in [0.05, 0.1) is 5.69 Å². The van der Waals surface area contributed by atoms with E-state index >= 15 is 0 Å². The molecule has 0 saturated heterocycles. The highest BCUT2D eigenvalue weighted by molar-refractivity contribution is 7.87. The van der Waals surface area contributed by atoms with Crippen LogP contribution in [0.3, 0.4) is 0 Å². The average Bonchev–Trinajstić information content (AvgIpc) is 3.01. The lowest BCUT2D eigenvalue weighted by atomic mass is 10.0. The molecule has 2 N–H and O–H groups in total. The molecule has 3 rings (SSSR count). The van der Waals surface area contributed by atoms with Crippen molar-refractivity contribution in [1.29, 1.82) is 0 Å². The lowest BCUT2D eigenvalue weighted by molar-refractivity contribution is 0.434. The van der Waals surface area contributed by atoms with Gasteiger partial charge in [-0.25, -0.2) is 14.1 Å². The summed E-state index contributed by atoms with van der Waals surface area (Å²) in [5, 5.41) is 4.18. The van der Waals surface area contributed by atoms with Gasteiger partial charge in [-0.3, -0.25) is 0 Å². The molecule has 6 nitrogen and oxygen atoms in total. The molecule has 9 heteroatoms. The van der Waals surface area contributed by atoms with Crippen molar-refractivity contribution in [2.24, 2.45) is 0 Å². The number of fused-ring (bicyclic) bond motifs is 3. The van der Waals surface area contributed by atoms with Gasteiger partial charge in [0.15, 0.2) is 5.13 Å². The van der Waals surface area contributed by atoms with E-state index < -0.39 is 10.2 Å². The van der Waals surface area contributed by atoms with Crippen LogP contribution < -0.4 is 10.0 Å². The van der Waals surface area contributed by atoms with E-state index in [-0.39, 0.29) is 5.82 Å². The third-order valence-electron chi connectivity index (χ3n) is 5.08. The topological polar surface area (TPSA) is 74.3 Å². The van der Waals surface area contributed by atoms with Crippen molar-refractivity contribution in [1.82, 2.24) is 14.0 Å². The fourth-order valence-electron chi connectivity index (χ4n) is 3.54. The van der Waals surface area contributed by atoms with Gasteiger partial charge in [0.25, 0.3) is 10.2 Å². The smallest absolute Gasteiger partial charge is 0.279 e. The predicted octanol–water partition coefficient (Wildman–Crippen LogP) is 3.81. The molecule has 1 aromatic carbocycles. The SMILES string of the molecule is CCN(CC)S(=O)(=O)NCCCCNc1nc2c(s1)CCCc1ccc(F)cc1-2. The van der Waals surface area contributed by atoms with Crippen LogP contribution in [0.1, 0.15) is 43.6 Å². The van der Waals surface area contributed by atoms with Gasteiger partial charge in [-0.15, -0.1) is 11.3 Å². The Balaban J connectivity index is 1.51. The second kappa shape index (κ2) is 9.97. The lowest BCUT2D eigenvalue weighted by Crippen LogP contribution is -2.40. The fourth-order valence-corrected chi connectivity index (χ4v) is 5.84. The first-order valence-corrected chi connectivity index (χ1v) is 12.5. The number of thiazole rings is 1. The molecule has 0 atom stereocenters. The molecule has 0 saturated carbocycles. The van der Waals surface area contributed by atoms with Crippen LogP contribution in [0.4, 0.5) is 9.52 Å². The van der Waals surface area contributed by atoms with Crippen LogP contribution in [0.25, 0.3) is 11.3 Å². The summed E-state index contributed by atoms with van der Waals surface area (Å²) in [6.07, 6.45) is 4.52. The summed E-state index contributed by atoms with van der Waals surface area (Å²) in [7, 11) is -3.38. The van der Waals surface area contributed by atoms with Gasteiger partial charge in [-0.1, -0.05) is 19.9 Å². The molecule has 1 aliphatic carbocycles. The van der Waals surface area contributed by atoms with Crippen molar-refractivity contribution >= 4 is 26.7 Å². The van der Waals surface area contributed by atoms with Crippen LogP contribution in [0, 0.1) is 5.82 Å². The summed E-state index contributed by atoms with van der Waals surface area (Å²) >= 11 is 1.63. The molecule has 0 bridgehead atoms. The van der Waals surface area contributed by atoms with Gasteiger partial charge in [0.2, 0.25) is 0 Å². The van der Waals surface area contributed by atoms with E-state index in [1.807, 2.05) is 19.9 Å². The highest BCUT2D eigenvalue weighted by atomic mass is 32.2. The van der Waals surface area contributed by atoms with Gasteiger partial charge in [-0.2, -0.15) is 12.7 Å². The molecular weight excluding hydrogens is 411 g/mol. The standard InChI is InChI=1S/C20H29FN4O2S2/c1-3-25(4-2)29(26,27)23-13-6-5-12-22-20-24-19-17-14-16(21)11-10-15(17)8-7-9-18(19)28-20/h10-11,14,23H,3-9,12-13H2,1-2H3,(H,22,24). The molecule has 1 aromatic heterocycles. The van der Waals surface area contributed by atoms with Gasteiger partial charge in [0, 0.05) is 36.6 Å². The minimum Gasteiger partial charge on any atom is -0.361 e. The predicted molar refractivity (Wildman–Crippen MR) is 117 cm³/mol. The second-order valence-corrected chi connectivity index (χ2v) is 9.90. The summed E-state index contributed by atoms with van der Waals surface area (Å²) < 4.78 is 41.9. The van der Waals surface area contributed by atoms with Crippen LogP contribution in [-0.4, -0.2) is 43.9 Å². The van der Waals surface area contributed by atoms with E-state index in [0.29, 0.717) is 19.6 Å². The lowest BCUT2D eigenvalue weighted by Gasteiger charge is -2.18. The number of halogens is 1. The van der Waals surface area contributed by atoms with Crippen molar-refractivity contribution in [3.05, 3.63) is 34.5 Å². The summed E-state index contributed by atoms with van der Waals surface area (Å²) in [6, 6.07) is 4.97. The largest absolute Gasteiger partial charge is 0.361 e. The number of rotatable bonds is 10. The van der Waals surface area contributed by atoms with E-state index in [9.17, 15) is 12.8 Å². The maximum atomic E-state index is 13.7. The molecule has 2 aromatic rings. The van der Waals surface area contributed by atoms with Crippen molar-refractivity contribution in [3.8, 4) is 11.3 Å². The number of hydrogen-bond acceptors (Lipinski definition) is 5. The maximum absolute atomic E-state index is 13.7. The van der Waals surface area contributed by atoms with Crippen LogP contribution in [-0.2, 0) is 23.1 Å². The average molecular weight is 441 g/mol. The molecule has 29 heavy (non-hydrogen) atoms. The summed E-state index contributed by atoms with van der Waals surface area (Å²) in [5.74, 6) is -0.230. The minimum absolute atomic E-state index is 0.230. The van der Waals surface area contributed by atoms with Crippen molar-refractivity contribution < 1.29 is 12.8 Å². The van der Waals surface area contributed by atoms with Gasteiger partial charge >= 0.3 is 0 Å². The number of nitrogens with zero attached hydrogens (tertiary/aromatic N) is 2. The highest BCUT2D eigenvalue weighted by Crippen LogP contribution is 2.37.